The predicted molar refractivity (Wildman–Crippen MR) is 61.7 cm³/mol. The van der Waals surface area contributed by atoms with Crippen LogP contribution in [0.3, 0.4) is 0 Å². The van der Waals surface area contributed by atoms with E-state index in [9.17, 15) is 8.42 Å². The van der Waals surface area contributed by atoms with Gasteiger partial charge in [-0.05, 0) is 20.3 Å². The minimum absolute atomic E-state index is 0.0986. The lowest BCUT2D eigenvalue weighted by molar-refractivity contribution is 0.112. The Morgan fingerprint density at radius 2 is 2.06 bits per heavy atom. The number of rotatable bonds is 6. The Balaban J connectivity index is 3.03. The number of hydrogen-bond donors (Lipinski definition) is 1. The van der Waals surface area contributed by atoms with Crippen LogP contribution in [-0.2, 0) is 21.4 Å². The number of nitrogens with two attached hydrogens (primary N) is 1. The highest BCUT2D eigenvalue weighted by molar-refractivity contribution is 7.89. The van der Waals surface area contributed by atoms with Gasteiger partial charge in [0, 0.05) is 12.6 Å². The van der Waals surface area contributed by atoms with E-state index in [4.69, 9.17) is 9.88 Å². The molecule has 0 aliphatic carbocycles. The average molecular weight is 262 g/mol. The third-order valence-corrected chi connectivity index (χ3v) is 2.87. The van der Waals surface area contributed by atoms with Crippen LogP contribution in [0.15, 0.2) is 5.16 Å². The second-order valence-corrected chi connectivity index (χ2v) is 5.42. The number of hydrogen-bond acceptors (Lipinski definition) is 5. The van der Waals surface area contributed by atoms with Crippen molar-refractivity contribution in [1.29, 1.82) is 0 Å². The van der Waals surface area contributed by atoms with E-state index in [0.717, 1.165) is 6.42 Å². The van der Waals surface area contributed by atoms with E-state index in [2.05, 4.69) is 10.2 Å². The highest BCUT2D eigenvalue weighted by Gasteiger charge is 2.22. The molecule has 0 saturated carbocycles. The molecule has 0 amide bonds. The van der Waals surface area contributed by atoms with Crippen molar-refractivity contribution in [3.63, 3.8) is 0 Å². The Labute approximate surface area is 101 Å². The molecular weight excluding hydrogens is 244 g/mol. The quantitative estimate of drug-likeness (QED) is 0.749. The molecule has 0 bridgehead atoms. The summed E-state index contributed by atoms with van der Waals surface area (Å²) in [5.74, 6) is 0.470. The molecule has 17 heavy (non-hydrogen) atoms. The van der Waals surface area contributed by atoms with Crippen LogP contribution in [0.4, 0.5) is 0 Å². The Bertz CT molecular complexity index is 467. The van der Waals surface area contributed by atoms with Crippen molar-refractivity contribution in [2.75, 3.05) is 6.61 Å². The van der Waals surface area contributed by atoms with Crippen LogP contribution in [0, 0.1) is 0 Å². The van der Waals surface area contributed by atoms with Crippen LogP contribution >= 0.6 is 0 Å². The van der Waals surface area contributed by atoms with Crippen molar-refractivity contribution in [3.05, 3.63) is 5.82 Å². The van der Waals surface area contributed by atoms with Crippen LogP contribution in [0.25, 0.3) is 0 Å². The summed E-state index contributed by atoms with van der Waals surface area (Å²) in [6.07, 6.45) is 0.887. The number of primary sulfonamides is 1. The van der Waals surface area contributed by atoms with Gasteiger partial charge in [-0.1, -0.05) is 6.92 Å². The molecule has 0 saturated heterocycles. The number of aromatic nitrogens is 3. The lowest BCUT2D eigenvalue weighted by atomic mass is 10.4. The summed E-state index contributed by atoms with van der Waals surface area (Å²) in [6, 6.07) is -0.0986. The largest absolute Gasteiger partial charge is 0.373 e. The summed E-state index contributed by atoms with van der Waals surface area (Å²) < 4.78 is 29.4. The zero-order valence-corrected chi connectivity index (χ0v) is 11.1. The first kappa shape index (κ1) is 14.1. The molecule has 7 nitrogen and oxygen atoms in total. The van der Waals surface area contributed by atoms with Crippen LogP contribution in [0.2, 0.25) is 0 Å². The zero-order valence-electron chi connectivity index (χ0n) is 10.3. The van der Waals surface area contributed by atoms with E-state index < -0.39 is 10.0 Å². The van der Waals surface area contributed by atoms with Crippen molar-refractivity contribution in [2.24, 2.45) is 5.14 Å². The zero-order chi connectivity index (χ0) is 13.1. The van der Waals surface area contributed by atoms with Crippen molar-refractivity contribution >= 4 is 10.0 Å². The monoisotopic (exact) mass is 262 g/mol. The van der Waals surface area contributed by atoms with Gasteiger partial charge in [0.2, 0.25) is 0 Å². The first-order valence-corrected chi connectivity index (χ1v) is 6.96. The molecule has 1 aromatic rings. The van der Waals surface area contributed by atoms with Gasteiger partial charge in [-0.3, -0.25) is 4.57 Å². The van der Waals surface area contributed by atoms with Gasteiger partial charge in [0.05, 0.1) is 0 Å². The maximum atomic E-state index is 11.3. The first-order chi connectivity index (χ1) is 7.88. The SMILES string of the molecule is CCCOCc1nnc(S(N)(=O)=O)n1C(C)C. The van der Waals surface area contributed by atoms with Crippen molar-refractivity contribution in [1.82, 2.24) is 14.8 Å². The van der Waals surface area contributed by atoms with E-state index >= 15 is 0 Å². The Hall–Kier alpha value is -0.990. The standard InChI is InChI=1S/C9H18N4O3S/c1-4-5-16-6-8-11-12-9(17(10,14)15)13(8)7(2)3/h7H,4-6H2,1-3H3,(H2,10,14,15). The molecular formula is C9H18N4O3S. The molecule has 0 fully saturated rings. The highest BCUT2D eigenvalue weighted by Crippen LogP contribution is 2.15. The Kier molecular flexibility index (Phi) is 4.61. The molecule has 0 unspecified atom stereocenters. The highest BCUT2D eigenvalue weighted by atomic mass is 32.2. The van der Waals surface area contributed by atoms with Crippen LogP contribution in [-0.4, -0.2) is 29.8 Å². The minimum atomic E-state index is -3.85. The average Bonchev–Trinajstić information content (AvgIpc) is 2.61. The second-order valence-electron chi connectivity index (χ2n) is 3.96. The van der Waals surface area contributed by atoms with Gasteiger partial charge < -0.3 is 4.74 Å². The Morgan fingerprint density at radius 3 is 2.53 bits per heavy atom. The second kappa shape index (κ2) is 5.56. The topological polar surface area (TPSA) is 100 Å². The summed E-state index contributed by atoms with van der Waals surface area (Å²) >= 11 is 0. The summed E-state index contributed by atoms with van der Waals surface area (Å²) in [4.78, 5) is 0. The number of nitrogens with zero attached hydrogens (tertiary/aromatic N) is 3. The van der Waals surface area contributed by atoms with E-state index in [0.29, 0.717) is 12.4 Å². The molecule has 0 radical (unpaired) electrons. The molecule has 0 atom stereocenters. The maximum absolute atomic E-state index is 11.3. The molecule has 0 aromatic carbocycles. The summed E-state index contributed by atoms with van der Waals surface area (Å²) in [5, 5.41) is 12.3. The van der Waals surface area contributed by atoms with Gasteiger partial charge in [-0.15, -0.1) is 10.2 Å². The van der Waals surface area contributed by atoms with Gasteiger partial charge >= 0.3 is 0 Å². The van der Waals surface area contributed by atoms with Gasteiger partial charge in [0.1, 0.15) is 6.61 Å². The van der Waals surface area contributed by atoms with Gasteiger partial charge in [0.15, 0.2) is 5.82 Å². The molecule has 1 aromatic heterocycles. The third kappa shape index (κ3) is 3.48. The molecule has 1 rings (SSSR count). The summed E-state index contributed by atoms with van der Waals surface area (Å²) in [7, 11) is -3.85. The summed E-state index contributed by atoms with van der Waals surface area (Å²) in [6.45, 7) is 6.48. The molecule has 0 aliphatic rings. The molecule has 0 spiro atoms. The predicted octanol–water partition coefficient (Wildman–Crippen LogP) is 0.433. The fourth-order valence-electron chi connectivity index (χ4n) is 1.43. The normalized spacial score (nSPS) is 12.3. The Morgan fingerprint density at radius 1 is 1.41 bits per heavy atom. The van der Waals surface area contributed by atoms with E-state index in [-0.39, 0.29) is 17.8 Å². The van der Waals surface area contributed by atoms with Crippen LogP contribution in [0.1, 0.15) is 39.1 Å². The van der Waals surface area contributed by atoms with E-state index in [1.165, 1.54) is 4.57 Å². The van der Waals surface area contributed by atoms with Crippen LogP contribution < -0.4 is 5.14 Å². The van der Waals surface area contributed by atoms with Crippen molar-refractivity contribution in [3.8, 4) is 0 Å². The first-order valence-electron chi connectivity index (χ1n) is 5.42. The summed E-state index contributed by atoms with van der Waals surface area (Å²) in [5.41, 5.74) is 0. The van der Waals surface area contributed by atoms with Gasteiger partial charge in [-0.25, -0.2) is 13.6 Å². The van der Waals surface area contributed by atoms with Crippen LogP contribution in [0.5, 0.6) is 0 Å². The fourth-order valence-corrected chi connectivity index (χ4v) is 2.17. The number of ether oxygens (including phenoxy) is 1. The van der Waals surface area contributed by atoms with E-state index in [1.807, 2.05) is 20.8 Å². The smallest absolute Gasteiger partial charge is 0.273 e. The molecule has 98 valence electrons. The molecule has 1 heterocycles. The maximum Gasteiger partial charge on any atom is 0.273 e. The van der Waals surface area contributed by atoms with Gasteiger partial charge in [-0.2, -0.15) is 0 Å². The van der Waals surface area contributed by atoms with Gasteiger partial charge in [0.25, 0.3) is 15.2 Å². The number of sulfonamides is 1. The van der Waals surface area contributed by atoms with Crippen molar-refractivity contribution < 1.29 is 13.2 Å². The molecule has 0 aliphatic heterocycles. The van der Waals surface area contributed by atoms with Crippen molar-refractivity contribution in [2.45, 2.75) is 45.0 Å². The third-order valence-electron chi connectivity index (χ3n) is 2.09. The minimum Gasteiger partial charge on any atom is -0.373 e. The lowest BCUT2D eigenvalue weighted by Gasteiger charge is -2.12. The van der Waals surface area contributed by atoms with E-state index in [1.54, 1.807) is 0 Å². The molecule has 8 heteroatoms. The lowest BCUT2D eigenvalue weighted by Crippen LogP contribution is -2.20. The fraction of sp³-hybridized carbons (Fsp3) is 0.778. The molecule has 2 N–H and O–H groups in total.